The summed E-state index contributed by atoms with van der Waals surface area (Å²) in [4.78, 5) is 0. The van der Waals surface area contributed by atoms with E-state index >= 15 is 0 Å². The van der Waals surface area contributed by atoms with Crippen molar-refractivity contribution in [2.45, 2.75) is 38.6 Å². The maximum absolute atomic E-state index is 3.45. The highest BCUT2D eigenvalue weighted by molar-refractivity contribution is 5.37. The monoisotopic (exact) mass is 201 g/mol. The minimum atomic E-state index is 0.992. The van der Waals surface area contributed by atoms with Gasteiger partial charge in [-0.2, -0.15) is 0 Å². The maximum atomic E-state index is 3.45. The van der Waals surface area contributed by atoms with Gasteiger partial charge in [0.05, 0.1) is 0 Å². The normalized spacial score (nSPS) is 20.8. The van der Waals surface area contributed by atoms with Crippen molar-refractivity contribution < 1.29 is 0 Å². The Morgan fingerprint density at radius 2 is 2.20 bits per heavy atom. The molecule has 0 spiro atoms. The molecule has 0 aromatic heterocycles. The third kappa shape index (κ3) is 1.81. The number of fused-ring (bicyclic) bond motifs is 1. The standard InChI is InChI=1S/C14H19N/c1-3-11(4-1)9-12-5-2-6-13-10-15-8-7-14(12)13/h2,5-6,11,15H,1,3-4,7-10H2. The Hall–Kier alpha value is -0.820. The molecule has 3 rings (SSSR count). The second kappa shape index (κ2) is 3.97. The topological polar surface area (TPSA) is 12.0 Å². The molecule has 0 amide bonds. The lowest BCUT2D eigenvalue weighted by atomic mass is 9.79. The van der Waals surface area contributed by atoms with E-state index in [4.69, 9.17) is 0 Å². The van der Waals surface area contributed by atoms with E-state index in [0.29, 0.717) is 0 Å². The molecule has 0 radical (unpaired) electrons. The lowest BCUT2D eigenvalue weighted by Crippen LogP contribution is -2.25. The molecule has 1 nitrogen and oxygen atoms in total. The Balaban J connectivity index is 1.85. The number of rotatable bonds is 2. The molecule has 1 heterocycles. The van der Waals surface area contributed by atoms with Crippen LogP contribution in [0.5, 0.6) is 0 Å². The molecule has 1 aromatic rings. The molecule has 0 bridgehead atoms. The first-order valence-corrected chi connectivity index (χ1v) is 6.24. The minimum Gasteiger partial charge on any atom is -0.312 e. The van der Waals surface area contributed by atoms with Crippen molar-refractivity contribution in [1.29, 1.82) is 0 Å². The highest BCUT2D eigenvalue weighted by Crippen LogP contribution is 2.31. The van der Waals surface area contributed by atoms with Crippen molar-refractivity contribution in [2.75, 3.05) is 6.54 Å². The second-order valence-corrected chi connectivity index (χ2v) is 4.98. The highest BCUT2D eigenvalue weighted by atomic mass is 14.9. The number of hydrogen-bond donors (Lipinski definition) is 1. The van der Waals surface area contributed by atoms with E-state index in [9.17, 15) is 0 Å². The van der Waals surface area contributed by atoms with Gasteiger partial charge in [0.15, 0.2) is 0 Å². The Kier molecular flexibility index (Phi) is 2.49. The van der Waals surface area contributed by atoms with Crippen LogP contribution in [0.3, 0.4) is 0 Å². The van der Waals surface area contributed by atoms with Crippen LogP contribution in [0.2, 0.25) is 0 Å². The van der Waals surface area contributed by atoms with Crippen LogP contribution in [0.15, 0.2) is 18.2 Å². The zero-order valence-electron chi connectivity index (χ0n) is 9.26. The van der Waals surface area contributed by atoms with Gasteiger partial charge in [-0.05, 0) is 42.0 Å². The molecular weight excluding hydrogens is 182 g/mol. The quantitative estimate of drug-likeness (QED) is 0.775. The van der Waals surface area contributed by atoms with Gasteiger partial charge in [-0.1, -0.05) is 37.5 Å². The predicted molar refractivity (Wildman–Crippen MR) is 62.9 cm³/mol. The third-order valence-electron chi connectivity index (χ3n) is 3.97. The van der Waals surface area contributed by atoms with E-state index in [2.05, 4.69) is 23.5 Å². The first-order chi connectivity index (χ1) is 7.43. The van der Waals surface area contributed by atoms with Crippen LogP contribution in [0.25, 0.3) is 0 Å². The third-order valence-corrected chi connectivity index (χ3v) is 3.97. The van der Waals surface area contributed by atoms with E-state index in [0.717, 1.165) is 19.0 Å². The molecular formula is C14H19N. The summed E-state index contributed by atoms with van der Waals surface area (Å²) in [6.07, 6.45) is 6.95. The summed E-state index contributed by atoms with van der Waals surface area (Å²) in [5, 5.41) is 3.45. The van der Waals surface area contributed by atoms with E-state index < -0.39 is 0 Å². The zero-order chi connectivity index (χ0) is 10.1. The van der Waals surface area contributed by atoms with Gasteiger partial charge < -0.3 is 5.32 Å². The summed E-state index contributed by atoms with van der Waals surface area (Å²) < 4.78 is 0. The van der Waals surface area contributed by atoms with Crippen LogP contribution in [-0.4, -0.2) is 6.54 Å². The van der Waals surface area contributed by atoms with Crippen LogP contribution in [-0.2, 0) is 19.4 Å². The van der Waals surface area contributed by atoms with Gasteiger partial charge >= 0.3 is 0 Å². The van der Waals surface area contributed by atoms with Gasteiger partial charge in [0.2, 0.25) is 0 Å². The molecule has 1 fully saturated rings. The largest absolute Gasteiger partial charge is 0.312 e. The Labute approximate surface area is 91.9 Å². The molecule has 0 atom stereocenters. The highest BCUT2D eigenvalue weighted by Gasteiger charge is 2.20. The molecule has 1 saturated carbocycles. The molecule has 15 heavy (non-hydrogen) atoms. The minimum absolute atomic E-state index is 0.992. The number of benzene rings is 1. The molecule has 80 valence electrons. The first kappa shape index (κ1) is 9.41. The van der Waals surface area contributed by atoms with Crippen LogP contribution in [0, 0.1) is 5.92 Å². The van der Waals surface area contributed by atoms with Crippen molar-refractivity contribution in [1.82, 2.24) is 5.32 Å². The van der Waals surface area contributed by atoms with Gasteiger partial charge in [-0.25, -0.2) is 0 Å². The van der Waals surface area contributed by atoms with Gasteiger partial charge in [-0.15, -0.1) is 0 Å². The van der Waals surface area contributed by atoms with E-state index in [1.165, 1.54) is 37.7 Å². The van der Waals surface area contributed by atoms with Crippen LogP contribution < -0.4 is 5.32 Å². The van der Waals surface area contributed by atoms with Crippen LogP contribution in [0.4, 0.5) is 0 Å². The number of hydrogen-bond acceptors (Lipinski definition) is 1. The molecule has 1 aromatic carbocycles. The summed E-state index contributed by atoms with van der Waals surface area (Å²) in [6, 6.07) is 6.87. The predicted octanol–water partition coefficient (Wildman–Crippen LogP) is 2.67. The van der Waals surface area contributed by atoms with E-state index in [1.54, 1.807) is 11.1 Å². The Bertz CT molecular complexity index is 352. The smallest absolute Gasteiger partial charge is 0.0208 e. The molecule has 1 aliphatic carbocycles. The Morgan fingerprint density at radius 3 is 3.00 bits per heavy atom. The van der Waals surface area contributed by atoms with Crippen molar-refractivity contribution >= 4 is 0 Å². The van der Waals surface area contributed by atoms with Gasteiger partial charge in [-0.3, -0.25) is 0 Å². The summed E-state index contributed by atoms with van der Waals surface area (Å²) in [5.74, 6) is 0.992. The number of nitrogens with one attached hydrogen (secondary N) is 1. The van der Waals surface area contributed by atoms with E-state index in [-0.39, 0.29) is 0 Å². The SMILES string of the molecule is c1cc2c(c(CC3CCC3)c1)CCNC2. The summed E-state index contributed by atoms with van der Waals surface area (Å²) in [5.41, 5.74) is 4.83. The van der Waals surface area contributed by atoms with Crippen molar-refractivity contribution in [2.24, 2.45) is 5.92 Å². The molecule has 1 N–H and O–H groups in total. The Morgan fingerprint density at radius 1 is 1.27 bits per heavy atom. The lowest BCUT2D eigenvalue weighted by molar-refractivity contribution is 0.313. The molecule has 0 unspecified atom stereocenters. The fourth-order valence-electron chi connectivity index (χ4n) is 2.81. The van der Waals surface area contributed by atoms with Crippen molar-refractivity contribution in [3.05, 3.63) is 34.9 Å². The summed E-state index contributed by atoms with van der Waals surface area (Å²) in [7, 11) is 0. The van der Waals surface area contributed by atoms with Gasteiger partial charge in [0.25, 0.3) is 0 Å². The van der Waals surface area contributed by atoms with E-state index in [1.807, 2.05) is 0 Å². The van der Waals surface area contributed by atoms with Crippen LogP contribution >= 0.6 is 0 Å². The lowest BCUT2D eigenvalue weighted by Gasteiger charge is -2.28. The molecule has 0 saturated heterocycles. The molecule has 1 aliphatic heterocycles. The molecule has 2 aliphatic rings. The van der Waals surface area contributed by atoms with Gasteiger partial charge in [0, 0.05) is 6.54 Å². The zero-order valence-corrected chi connectivity index (χ0v) is 9.26. The summed E-state index contributed by atoms with van der Waals surface area (Å²) in [6.45, 7) is 2.24. The second-order valence-electron chi connectivity index (χ2n) is 4.98. The van der Waals surface area contributed by atoms with Crippen molar-refractivity contribution in [3.63, 3.8) is 0 Å². The maximum Gasteiger partial charge on any atom is 0.0208 e. The average molecular weight is 201 g/mol. The fraction of sp³-hybridized carbons (Fsp3) is 0.571. The molecule has 1 heteroatoms. The van der Waals surface area contributed by atoms with Crippen molar-refractivity contribution in [3.8, 4) is 0 Å². The summed E-state index contributed by atoms with van der Waals surface area (Å²) >= 11 is 0. The fourth-order valence-corrected chi connectivity index (χ4v) is 2.81. The van der Waals surface area contributed by atoms with Gasteiger partial charge in [0.1, 0.15) is 0 Å². The first-order valence-electron chi connectivity index (χ1n) is 6.24. The average Bonchev–Trinajstić information content (AvgIpc) is 2.23. The van der Waals surface area contributed by atoms with Crippen LogP contribution in [0.1, 0.15) is 36.0 Å².